The Morgan fingerprint density at radius 2 is 1.91 bits per heavy atom. The molecule has 0 bridgehead atoms. The van der Waals surface area contributed by atoms with Crippen molar-refractivity contribution >= 4 is 23.4 Å². The quantitative estimate of drug-likeness (QED) is 0.462. The number of benzene rings is 2. The second kappa shape index (κ2) is 11.3. The van der Waals surface area contributed by atoms with Crippen LogP contribution in [0.1, 0.15) is 21.5 Å². The first kappa shape index (κ1) is 24.6. The third-order valence-corrected chi connectivity index (χ3v) is 5.96. The van der Waals surface area contributed by atoms with Gasteiger partial charge in [0.05, 0.1) is 19.8 Å². The molecule has 4 rings (SSSR count). The molecule has 182 valence electrons. The van der Waals surface area contributed by atoms with Crippen LogP contribution in [0.4, 0.5) is 4.39 Å². The van der Waals surface area contributed by atoms with E-state index >= 15 is 0 Å². The molecular formula is C26H25ClFN3O4. The maximum absolute atomic E-state index is 14.1. The summed E-state index contributed by atoms with van der Waals surface area (Å²) in [5, 5.41) is 0.186. The first-order valence-corrected chi connectivity index (χ1v) is 11.5. The molecule has 0 radical (unpaired) electrons. The SMILES string of the molecule is COc1ccc(CN2C[C@@H](OCc3ccccc3F)CN(C(=O)c3ccnc(Cl)c3)CC2=O)cc1. The first-order valence-electron chi connectivity index (χ1n) is 11.1. The molecule has 9 heteroatoms. The van der Waals surface area contributed by atoms with E-state index in [0.29, 0.717) is 17.7 Å². The summed E-state index contributed by atoms with van der Waals surface area (Å²) in [6.45, 7) is 0.656. The standard InChI is InChI=1S/C26H25ClFN3O4/c1-34-21-8-6-18(7-9-21)13-30-14-22(35-17-20-4-2-3-5-23(20)28)15-31(16-25(30)32)26(33)19-10-11-29-24(27)12-19/h2-12,22H,13-17H2,1H3/t22-/m1/s1. The van der Waals surface area contributed by atoms with Crippen molar-refractivity contribution in [2.75, 3.05) is 26.7 Å². The van der Waals surface area contributed by atoms with Crippen LogP contribution in [-0.2, 0) is 22.7 Å². The molecule has 7 nitrogen and oxygen atoms in total. The van der Waals surface area contributed by atoms with E-state index in [2.05, 4.69) is 4.98 Å². The van der Waals surface area contributed by atoms with Crippen molar-refractivity contribution in [1.29, 1.82) is 0 Å². The molecule has 0 saturated carbocycles. The second-order valence-electron chi connectivity index (χ2n) is 8.20. The number of aromatic nitrogens is 1. The van der Waals surface area contributed by atoms with Crippen molar-refractivity contribution in [1.82, 2.24) is 14.8 Å². The number of rotatable bonds is 7. The van der Waals surface area contributed by atoms with Gasteiger partial charge in [0.2, 0.25) is 5.91 Å². The second-order valence-corrected chi connectivity index (χ2v) is 8.59. The number of carbonyl (C=O) groups is 2. The van der Waals surface area contributed by atoms with Gasteiger partial charge >= 0.3 is 0 Å². The van der Waals surface area contributed by atoms with Gasteiger partial charge in [-0.3, -0.25) is 9.59 Å². The summed E-state index contributed by atoms with van der Waals surface area (Å²) in [4.78, 5) is 33.4. The average molecular weight is 498 g/mol. The fourth-order valence-corrected chi connectivity index (χ4v) is 4.06. The Hall–Kier alpha value is -3.49. The van der Waals surface area contributed by atoms with Gasteiger partial charge in [-0.25, -0.2) is 9.37 Å². The Morgan fingerprint density at radius 1 is 1.14 bits per heavy atom. The fraction of sp³-hybridized carbons (Fsp3) is 0.269. The number of ether oxygens (including phenoxy) is 2. The topological polar surface area (TPSA) is 72.0 Å². The first-order chi connectivity index (χ1) is 16.9. The summed E-state index contributed by atoms with van der Waals surface area (Å²) in [5.41, 5.74) is 1.64. The van der Waals surface area contributed by atoms with Crippen LogP contribution < -0.4 is 4.74 Å². The van der Waals surface area contributed by atoms with E-state index < -0.39 is 6.10 Å². The van der Waals surface area contributed by atoms with Gasteiger partial charge in [0, 0.05) is 37.0 Å². The van der Waals surface area contributed by atoms with Crippen molar-refractivity contribution in [3.63, 3.8) is 0 Å². The van der Waals surface area contributed by atoms with Gasteiger partial charge in [-0.2, -0.15) is 0 Å². The molecule has 0 N–H and O–H groups in total. The zero-order valence-electron chi connectivity index (χ0n) is 19.2. The Kier molecular flexibility index (Phi) is 7.94. The van der Waals surface area contributed by atoms with E-state index in [1.54, 1.807) is 36.3 Å². The van der Waals surface area contributed by atoms with Gasteiger partial charge < -0.3 is 19.3 Å². The van der Waals surface area contributed by atoms with E-state index in [0.717, 1.165) is 11.3 Å². The van der Waals surface area contributed by atoms with Crippen LogP contribution in [0.3, 0.4) is 0 Å². The summed E-state index contributed by atoms with van der Waals surface area (Å²) in [6.07, 6.45) is 0.915. The van der Waals surface area contributed by atoms with Crippen molar-refractivity contribution in [2.24, 2.45) is 0 Å². The molecule has 1 aromatic heterocycles. The maximum Gasteiger partial charge on any atom is 0.254 e. The number of methoxy groups -OCH3 is 1. The van der Waals surface area contributed by atoms with Crippen LogP contribution in [0.5, 0.6) is 5.75 Å². The normalized spacial score (nSPS) is 16.2. The van der Waals surface area contributed by atoms with Crippen LogP contribution in [0.2, 0.25) is 5.15 Å². The summed E-state index contributed by atoms with van der Waals surface area (Å²) in [6, 6.07) is 16.8. The van der Waals surface area contributed by atoms with Gasteiger partial charge in [-0.1, -0.05) is 41.9 Å². The van der Waals surface area contributed by atoms with Gasteiger partial charge in [-0.15, -0.1) is 0 Å². The van der Waals surface area contributed by atoms with Crippen molar-refractivity contribution in [3.8, 4) is 5.75 Å². The van der Waals surface area contributed by atoms with Crippen molar-refractivity contribution in [3.05, 3.63) is 94.5 Å². The molecule has 1 fully saturated rings. The lowest BCUT2D eigenvalue weighted by Crippen LogP contribution is -2.39. The molecule has 2 amide bonds. The van der Waals surface area contributed by atoms with E-state index in [9.17, 15) is 14.0 Å². The maximum atomic E-state index is 14.1. The summed E-state index contributed by atoms with van der Waals surface area (Å²) < 4.78 is 25.4. The van der Waals surface area contributed by atoms with E-state index in [-0.39, 0.29) is 49.0 Å². The number of carbonyl (C=O) groups excluding carboxylic acids is 2. The number of hydrogen-bond donors (Lipinski definition) is 0. The molecule has 1 aliphatic heterocycles. The zero-order chi connectivity index (χ0) is 24.8. The molecule has 2 aromatic carbocycles. The molecule has 0 unspecified atom stereocenters. The molecule has 1 aliphatic rings. The third kappa shape index (κ3) is 6.35. The molecule has 35 heavy (non-hydrogen) atoms. The largest absolute Gasteiger partial charge is 0.497 e. The Bertz CT molecular complexity index is 1190. The molecule has 1 saturated heterocycles. The minimum atomic E-state index is -0.527. The van der Waals surface area contributed by atoms with Crippen LogP contribution in [0.25, 0.3) is 0 Å². The fourth-order valence-electron chi connectivity index (χ4n) is 3.88. The van der Waals surface area contributed by atoms with Gasteiger partial charge in [0.25, 0.3) is 5.91 Å². The zero-order valence-corrected chi connectivity index (χ0v) is 20.0. The molecule has 3 aromatic rings. The monoisotopic (exact) mass is 497 g/mol. The lowest BCUT2D eigenvalue weighted by atomic mass is 10.2. The number of pyridine rings is 1. The van der Waals surface area contributed by atoms with E-state index in [1.165, 1.54) is 23.2 Å². The highest BCUT2D eigenvalue weighted by molar-refractivity contribution is 6.29. The molecular weight excluding hydrogens is 473 g/mol. The summed E-state index contributed by atoms with van der Waals surface area (Å²) in [5.74, 6) is -0.221. The molecule has 1 atom stereocenters. The Labute approximate surface area is 208 Å². The van der Waals surface area contributed by atoms with E-state index in [1.807, 2.05) is 24.3 Å². The number of halogens is 2. The highest BCUT2D eigenvalue weighted by atomic mass is 35.5. The highest BCUT2D eigenvalue weighted by Crippen LogP contribution is 2.19. The average Bonchev–Trinajstić information content (AvgIpc) is 3.02. The summed E-state index contributed by atoms with van der Waals surface area (Å²) >= 11 is 5.96. The van der Waals surface area contributed by atoms with Crippen LogP contribution in [0, 0.1) is 5.82 Å². The summed E-state index contributed by atoms with van der Waals surface area (Å²) in [7, 11) is 1.59. The smallest absolute Gasteiger partial charge is 0.254 e. The predicted molar refractivity (Wildman–Crippen MR) is 129 cm³/mol. The van der Waals surface area contributed by atoms with Gasteiger partial charge in [0.15, 0.2) is 0 Å². The number of hydrogen-bond acceptors (Lipinski definition) is 5. The van der Waals surface area contributed by atoms with Crippen LogP contribution in [0.15, 0.2) is 66.9 Å². The van der Waals surface area contributed by atoms with Crippen molar-refractivity contribution < 1.29 is 23.5 Å². The van der Waals surface area contributed by atoms with Crippen LogP contribution in [-0.4, -0.2) is 59.4 Å². The Balaban J connectivity index is 1.55. The lowest BCUT2D eigenvalue weighted by molar-refractivity contribution is -0.132. The third-order valence-electron chi connectivity index (χ3n) is 5.75. The van der Waals surface area contributed by atoms with Gasteiger partial charge in [0.1, 0.15) is 23.3 Å². The molecule has 0 spiro atoms. The number of nitrogens with zero attached hydrogens (tertiary/aromatic N) is 3. The lowest BCUT2D eigenvalue weighted by Gasteiger charge is -2.25. The minimum absolute atomic E-state index is 0.0189. The Morgan fingerprint density at radius 3 is 2.63 bits per heavy atom. The molecule has 2 heterocycles. The number of amides is 2. The molecule has 0 aliphatic carbocycles. The van der Waals surface area contributed by atoms with Gasteiger partial charge in [-0.05, 0) is 35.9 Å². The van der Waals surface area contributed by atoms with Crippen LogP contribution >= 0.6 is 11.6 Å². The predicted octanol–water partition coefficient (Wildman–Crippen LogP) is 3.95. The van der Waals surface area contributed by atoms with E-state index in [4.69, 9.17) is 21.1 Å². The highest BCUT2D eigenvalue weighted by Gasteiger charge is 2.31. The van der Waals surface area contributed by atoms with Crippen molar-refractivity contribution in [2.45, 2.75) is 19.3 Å². The minimum Gasteiger partial charge on any atom is -0.497 e.